The topological polar surface area (TPSA) is 113 Å². The van der Waals surface area contributed by atoms with Gasteiger partial charge in [0, 0.05) is 46.5 Å². The SMILES string of the molecule is COCCCN1CCOc2ccc(CO[C@@H]3C[C@@H](C(N)c4ccc(COCCOC)cc4)CN(S(=O)(=O)c4ccc(C)cc4)C3)cc21. The maximum atomic E-state index is 13.9. The lowest BCUT2D eigenvalue weighted by atomic mass is 9.86. The van der Waals surface area contributed by atoms with Crippen molar-refractivity contribution in [3.63, 3.8) is 0 Å². The van der Waals surface area contributed by atoms with Gasteiger partial charge in [0.15, 0.2) is 0 Å². The molecule has 1 fully saturated rings. The minimum atomic E-state index is -3.76. The summed E-state index contributed by atoms with van der Waals surface area (Å²) in [5.41, 5.74) is 11.9. The van der Waals surface area contributed by atoms with Gasteiger partial charge < -0.3 is 34.3 Å². The summed E-state index contributed by atoms with van der Waals surface area (Å²) in [5, 5.41) is 0. The molecule has 3 aromatic carbocycles. The molecule has 1 saturated heterocycles. The van der Waals surface area contributed by atoms with Gasteiger partial charge in [0.05, 0.1) is 49.7 Å². The minimum absolute atomic E-state index is 0.147. The lowest BCUT2D eigenvalue weighted by molar-refractivity contribution is -0.0124. The Labute approximate surface area is 279 Å². The number of benzene rings is 3. The van der Waals surface area contributed by atoms with Crippen LogP contribution in [0.1, 0.15) is 41.1 Å². The van der Waals surface area contributed by atoms with Crippen molar-refractivity contribution in [3.05, 3.63) is 89.0 Å². The van der Waals surface area contributed by atoms with Crippen molar-refractivity contribution < 1.29 is 32.1 Å². The van der Waals surface area contributed by atoms with Gasteiger partial charge in [0.1, 0.15) is 12.4 Å². The summed E-state index contributed by atoms with van der Waals surface area (Å²) in [4.78, 5) is 2.60. The fourth-order valence-electron chi connectivity index (χ4n) is 6.18. The van der Waals surface area contributed by atoms with Gasteiger partial charge in [-0.1, -0.05) is 48.0 Å². The first-order valence-corrected chi connectivity index (χ1v) is 17.8. The van der Waals surface area contributed by atoms with Gasteiger partial charge >= 0.3 is 0 Å². The molecule has 11 heteroatoms. The zero-order valence-electron chi connectivity index (χ0n) is 27.8. The highest BCUT2D eigenvalue weighted by Crippen LogP contribution is 2.35. The summed E-state index contributed by atoms with van der Waals surface area (Å²) in [5.74, 6) is 0.718. The number of anilines is 1. The van der Waals surface area contributed by atoms with E-state index in [-0.39, 0.29) is 29.5 Å². The van der Waals surface area contributed by atoms with Crippen molar-refractivity contribution in [2.45, 2.75) is 50.0 Å². The molecule has 2 N–H and O–H groups in total. The molecule has 2 aliphatic rings. The number of nitrogens with two attached hydrogens (primary N) is 1. The van der Waals surface area contributed by atoms with Gasteiger partial charge in [-0.2, -0.15) is 4.31 Å². The maximum absolute atomic E-state index is 13.9. The Balaban J connectivity index is 1.31. The number of ether oxygens (including phenoxy) is 5. The van der Waals surface area contributed by atoms with Crippen LogP contribution in [0.3, 0.4) is 0 Å². The van der Waals surface area contributed by atoms with Crippen LogP contribution in [0, 0.1) is 12.8 Å². The zero-order chi connectivity index (χ0) is 33.2. The number of fused-ring (bicyclic) bond motifs is 1. The average molecular weight is 668 g/mol. The summed E-state index contributed by atoms with van der Waals surface area (Å²) in [6.07, 6.45) is 1.23. The van der Waals surface area contributed by atoms with E-state index in [1.807, 2.05) is 55.5 Å². The molecule has 0 amide bonds. The Morgan fingerprint density at radius 2 is 1.66 bits per heavy atom. The smallest absolute Gasteiger partial charge is 0.243 e. The van der Waals surface area contributed by atoms with Crippen molar-refractivity contribution in [2.75, 3.05) is 71.7 Å². The van der Waals surface area contributed by atoms with Gasteiger partial charge in [0.2, 0.25) is 10.0 Å². The van der Waals surface area contributed by atoms with Crippen molar-refractivity contribution in [3.8, 4) is 5.75 Å². The van der Waals surface area contributed by atoms with Crippen LogP contribution in [0.4, 0.5) is 5.69 Å². The standard InChI is InChI=1S/C36H49N3O7S/c1-27-5-12-33(13-6-27)47(40,41)39-23-31(36(37)30-10-7-28(8-11-30)25-44-20-19-43-3)22-32(24-39)46-26-29-9-14-35-34(21-29)38(16-18-45-35)15-4-17-42-2/h5-14,21,31-32,36H,4,15-20,22-26,37H2,1-3H3/t31-,32-,36?/m1/s1. The largest absolute Gasteiger partial charge is 0.490 e. The molecule has 2 aliphatic heterocycles. The van der Waals surface area contributed by atoms with Gasteiger partial charge in [-0.3, -0.25) is 0 Å². The highest BCUT2D eigenvalue weighted by molar-refractivity contribution is 7.89. The molecule has 1 unspecified atom stereocenters. The van der Waals surface area contributed by atoms with Crippen LogP contribution in [0.25, 0.3) is 0 Å². The maximum Gasteiger partial charge on any atom is 0.243 e. The van der Waals surface area contributed by atoms with Crippen molar-refractivity contribution in [2.24, 2.45) is 11.7 Å². The van der Waals surface area contributed by atoms with E-state index in [1.165, 1.54) is 0 Å². The second-order valence-electron chi connectivity index (χ2n) is 12.4. The Bertz CT molecular complexity index is 1520. The monoisotopic (exact) mass is 667 g/mol. The van der Waals surface area contributed by atoms with Crippen LogP contribution < -0.4 is 15.4 Å². The van der Waals surface area contributed by atoms with E-state index >= 15 is 0 Å². The predicted octanol–water partition coefficient (Wildman–Crippen LogP) is 4.69. The summed E-state index contributed by atoms with van der Waals surface area (Å²) in [6.45, 7) is 7.47. The highest BCUT2D eigenvalue weighted by Gasteiger charge is 2.38. The van der Waals surface area contributed by atoms with Crippen LogP contribution in [-0.2, 0) is 42.2 Å². The van der Waals surface area contributed by atoms with Gasteiger partial charge in [0.25, 0.3) is 0 Å². The van der Waals surface area contributed by atoms with Crippen LogP contribution in [0.5, 0.6) is 5.75 Å². The van der Waals surface area contributed by atoms with Crippen LogP contribution in [0.2, 0.25) is 0 Å². The first kappa shape index (κ1) is 35.3. The number of hydrogen-bond acceptors (Lipinski definition) is 9. The highest BCUT2D eigenvalue weighted by atomic mass is 32.2. The summed E-state index contributed by atoms with van der Waals surface area (Å²) in [6, 6.07) is 20.8. The number of methoxy groups -OCH3 is 2. The van der Waals surface area contributed by atoms with Gasteiger partial charge in [-0.05, 0) is 66.6 Å². The first-order chi connectivity index (χ1) is 22.8. The Kier molecular flexibility index (Phi) is 12.7. The van der Waals surface area contributed by atoms with E-state index in [0.29, 0.717) is 52.6 Å². The molecule has 10 nitrogen and oxygen atoms in total. The van der Waals surface area contributed by atoms with Crippen LogP contribution >= 0.6 is 0 Å². The number of piperidine rings is 1. The van der Waals surface area contributed by atoms with Crippen LogP contribution in [-0.4, -0.2) is 85.7 Å². The van der Waals surface area contributed by atoms with E-state index in [2.05, 4.69) is 11.0 Å². The minimum Gasteiger partial charge on any atom is -0.490 e. The number of hydrogen-bond donors (Lipinski definition) is 1. The molecule has 0 spiro atoms. The zero-order valence-corrected chi connectivity index (χ0v) is 28.6. The number of sulfonamides is 1. The number of aryl methyl sites for hydroxylation is 1. The lowest BCUT2D eigenvalue weighted by Gasteiger charge is -2.39. The summed E-state index contributed by atoms with van der Waals surface area (Å²) < 4.78 is 57.7. The second-order valence-corrected chi connectivity index (χ2v) is 14.3. The normalized spacial score (nSPS) is 19.3. The van der Waals surface area contributed by atoms with Crippen LogP contribution in [0.15, 0.2) is 71.6 Å². The number of nitrogens with zero attached hydrogens (tertiary/aromatic N) is 2. The van der Waals surface area contributed by atoms with Gasteiger partial charge in [-0.25, -0.2) is 8.42 Å². The fraction of sp³-hybridized carbons (Fsp3) is 0.500. The molecular weight excluding hydrogens is 618 g/mol. The van der Waals surface area contributed by atoms with E-state index in [1.54, 1.807) is 30.7 Å². The molecule has 5 rings (SSSR count). The molecule has 0 aliphatic carbocycles. The molecule has 256 valence electrons. The third kappa shape index (κ3) is 9.32. The summed E-state index contributed by atoms with van der Waals surface area (Å²) in [7, 11) is -0.390. The molecule has 2 heterocycles. The van der Waals surface area contributed by atoms with Crippen molar-refractivity contribution in [1.82, 2.24) is 4.31 Å². The third-order valence-electron chi connectivity index (χ3n) is 8.89. The third-order valence-corrected chi connectivity index (χ3v) is 10.7. The van der Waals surface area contributed by atoms with Gasteiger partial charge in [-0.15, -0.1) is 0 Å². The Morgan fingerprint density at radius 3 is 2.40 bits per heavy atom. The molecule has 0 radical (unpaired) electrons. The first-order valence-electron chi connectivity index (χ1n) is 16.4. The lowest BCUT2D eigenvalue weighted by Crippen LogP contribution is -2.49. The molecule has 0 bridgehead atoms. The fourth-order valence-corrected chi connectivity index (χ4v) is 7.71. The van der Waals surface area contributed by atoms with E-state index in [0.717, 1.165) is 53.2 Å². The molecule has 3 atom stereocenters. The van der Waals surface area contributed by atoms with E-state index < -0.39 is 10.0 Å². The Hall–Kier alpha value is -3.03. The predicted molar refractivity (Wildman–Crippen MR) is 182 cm³/mol. The molecular formula is C36H49N3O7S. The van der Waals surface area contributed by atoms with E-state index in [4.69, 9.17) is 29.4 Å². The second kappa shape index (κ2) is 16.9. The number of rotatable bonds is 16. The van der Waals surface area contributed by atoms with Crippen molar-refractivity contribution in [1.29, 1.82) is 0 Å². The summed E-state index contributed by atoms with van der Waals surface area (Å²) >= 11 is 0. The molecule has 47 heavy (non-hydrogen) atoms. The quantitative estimate of drug-likeness (QED) is 0.218. The van der Waals surface area contributed by atoms with E-state index in [9.17, 15) is 8.42 Å². The molecule has 0 saturated carbocycles. The van der Waals surface area contributed by atoms with Crippen molar-refractivity contribution >= 4 is 15.7 Å². The molecule has 3 aromatic rings. The Morgan fingerprint density at radius 1 is 0.915 bits per heavy atom. The average Bonchev–Trinajstić information content (AvgIpc) is 3.09. The molecule has 0 aromatic heterocycles.